The summed E-state index contributed by atoms with van der Waals surface area (Å²) < 4.78 is 17.1. The van der Waals surface area contributed by atoms with Gasteiger partial charge in [-0.25, -0.2) is 4.98 Å². The maximum atomic E-state index is 6.19. The zero-order chi connectivity index (χ0) is 20.9. The highest BCUT2D eigenvalue weighted by Gasteiger charge is 2.22. The molecule has 1 fully saturated rings. The number of fused-ring (bicyclic) bond motifs is 1. The number of aromatic nitrogens is 2. The van der Waals surface area contributed by atoms with E-state index in [2.05, 4.69) is 20.2 Å². The molecule has 3 N–H and O–H groups in total. The molecule has 3 aromatic rings. The Balaban J connectivity index is 1.36. The summed E-state index contributed by atoms with van der Waals surface area (Å²) in [6.07, 6.45) is 3.73. The number of nitrogen functional groups attached to an aromatic ring is 1. The first kappa shape index (κ1) is 20.3. The van der Waals surface area contributed by atoms with Crippen LogP contribution in [-0.4, -0.2) is 47.2 Å². The van der Waals surface area contributed by atoms with Gasteiger partial charge < -0.3 is 24.9 Å². The summed E-state index contributed by atoms with van der Waals surface area (Å²) in [5.41, 5.74) is 9.24. The van der Waals surface area contributed by atoms with E-state index < -0.39 is 0 Å². The van der Waals surface area contributed by atoms with Crippen molar-refractivity contribution in [3.8, 4) is 11.5 Å². The lowest BCUT2D eigenvalue weighted by atomic mass is 10.0. The highest BCUT2D eigenvalue weighted by Crippen LogP contribution is 2.34. The topological polar surface area (TPSA) is 98.7 Å². The third-order valence-corrected chi connectivity index (χ3v) is 5.25. The van der Waals surface area contributed by atoms with Gasteiger partial charge in [0.2, 0.25) is 5.71 Å². The minimum absolute atomic E-state index is 0.332. The van der Waals surface area contributed by atoms with Crippen molar-refractivity contribution in [2.45, 2.75) is 39.3 Å². The molecular formula is C22H29N5O3. The number of benzene rings is 1. The third-order valence-electron chi connectivity index (χ3n) is 5.25. The number of nitrogens with one attached hydrogen (secondary N) is 1. The molecule has 0 saturated carbocycles. The van der Waals surface area contributed by atoms with Crippen LogP contribution >= 0.6 is 0 Å². The fraction of sp³-hybridized carbons (Fsp3) is 0.455. The maximum Gasteiger partial charge on any atom is 0.297 e. The molecule has 0 unspecified atom stereocenters. The summed E-state index contributed by atoms with van der Waals surface area (Å²) in [7, 11) is 0. The van der Waals surface area contributed by atoms with E-state index in [-0.39, 0.29) is 0 Å². The van der Waals surface area contributed by atoms with E-state index in [0.717, 1.165) is 43.6 Å². The van der Waals surface area contributed by atoms with Gasteiger partial charge in [-0.05, 0) is 56.5 Å². The molecule has 0 amide bonds. The van der Waals surface area contributed by atoms with Gasteiger partial charge in [-0.15, -0.1) is 0 Å². The largest absolute Gasteiger partial charge is 0.492 e. The molecule has 0 aliphatic carbocycles. The summed E-state index contributed by atoms with van der Waals surface area (Å²) in [5.74, 6) is 1.39. The molecule has 160 valence electrons. The predicted molar refractivity (Wildman–Crippen MR) is 117 cm³/mol. The van der Waals surface area contributed by atoms with Crippen molar-refractivity contribution in [1.29, 1.82) is 0 Å². The highest BCUT2D eigenvalue weighted by atomic mass is 16.5. The summed E-state index contributed by atoms with van der Waals surface area (Å²) in [4.78, 5) is 11.1. The van der Waals surface area contributed by atoms with Crippen LogP contribution in [0.15, 0.2) is 34.9 Å². The molecule has 3 heterocycles. The zero-order valence-corrected chi connectivity index (χ0v) is 17.6. The second-order valence-electron chi connectivity index (χ2n) is 7.41. The van der Waals surface area contributed by atoms with Crippen LogP contribution in [-0.2, 0) is 6.54 Å². The summed E-state index contributed by atoms with van der Waals surface area (Å²) in [5, 5.41) is 3.41. The van der Waals surface area contributed by atoms with E-state index in [9.17, 15) is 0 Å². The first-order chi connectivity index (χ1) is 14.7. The van der Waals surface area contributed by atoms with Crippen LogP contribution in [0, 0.1) is 0 Å². The van der Waals surface area contributed by atoms with Crippen molar-refractivity contribution in [3.63, 3.8) is 0 Å². The Morgan fingerprint density at radius 1 is 1.17 bits per heavy atom. The van der Waals surface area contributed by atoms with Gasteiger partial charge in [0.05, 0.1) is 13.2 Å². The smallest absolute Gasteiger partial charge is 0.297 e. The summed E-state index contributed by atoms with van der Waals surface area (Å²) >= 11 is 0. The Hall–Kier alpha value is -3.00. The van der Waals surface area contributed by atoms with E-state index in [1.807, 2.05) is 38.1 Å². The number of nitrogens with two attached hydrogens (primary N) is 1. The fourth-order valence-electron chi connectivity index (χ4n) is 3.80. The van der Waals surface area contributed by atoms with Crippen molar-refractivity contribution in [2.24, 2.45) is 0 Å². The standard InChI is InChI=1S/C22H29N5O3/c1-3-28-18-12-15(13-19(20(18)23)29-4-2)14-27-10-7-16(8-11-27)25-22-26-17-6-5-9-24-21(17)30-22/h5-6,9,12-13,16H,3-4,7-8,10-11,14,23H2,1-2H3,(H,25,26). The molecule has 4 rings (SSSR count). The van der Waals surface area contributed by atoms with Gasteiger partial charge >= 0.3 is 0 Å². The number of pyridine rings is 1. The SMILES string of the molecule is CCOc1cc(CN2CCC(Nc3nc4cccnc4o3)CC2)cc(OCC)c1N. The Morgan fingerprint density at radius 2 is 1.87 bits per heavy atom. The van der Waals surface area contributed by atoms with Gasteiger partial charge in [0.1, 0.15) is 22.7 Å². The maximum absolute atomic E-state index is 6.19. The van der Waals surface area contributed by atoms with Gasteiger partial charge in [-0.2, -0.15) is 4.98 Å². The van der Waals surface area contributed by atoms with E-state index >= 15 is 0 Å². The van der Waals surface area contributed by atoms with Crippen LogP contribution in [0.3, 0.4) is 0 Å². The third kappa shape index (κ3) is 4.59. The molecule has 8 nitrogen and oxygen atoms in total. The molecule has 0 spiro atoms. The molecule has 0 radical (unpaired) electrons. The van der Waals surface area contributed by atoms with Crippen LogP contribution in [0.25, 0.3) is 11.2 Å². The Kier molecular flexibility index (Phi) is 6.23. The molecule has 8 heteroatoms. The Bertz CT molecular complexity index is 922. The number of ether oxygens (including phenoxy) is 2. The summed E-state index contributed by atoms with van der Waals surface area (Å²) in [6.45, 7) is 7.85. The van der Waals surface area contributed by atoms with Crippen molar-refractivity contribution in [2.75, 3.05) is 37.4 Å². The van der Waals surface area contributed by atoms with Gasteiger partial charge in [-0.3, -0.25) is 4.90 Å². The molecular weight excluding hydrogens is 382 g/mol. The molecule has 0 bridgehead atoms. The van der Waals surface area contributed by atoms with E-state index in [1.165, 1.54) is 0 Å². The molecule has 30 heavy (non-hydrogen) atoms. The minimum Gasteiger partial charge on any atom is -0.492 e. The number of hydrogen-bond acceptors (Lipinski definition) is 8. The second kappa shape index (κ2) is 9.21. The van der Waals surface area contributed by atoms with Crippen molar-refractivity contribution < 1.29 is 13.9 Å². The fourth-order valence-corrected chi connectivity index (χ4v) is 3.80. The molecule has 1 saturated heterocycles. The van der Waals surface area contributed by atoms with E-state index in [1.54, 1.807) is 6.20 Å². The lowest BCUT2D eigenvalue weighted by molar-refractivity contribution is 0.209. The van der Waals surface area contributed by atoms with Crippen molar-refractivity contribution >= 4 is 22.9 Å². The highest BCUT2D eigenvalue weighted by molar-refractivity contribution is 5.69. The summed E-state index contributed by atoms with van der Waals surface area (Å²) in [6, 6.07) is 8.69. The number of piperidine rings is 1. The average molecular weight is 412 g/mol. The second-order valence-corrected chi connectivity index (χ2v) is 7.41. The van der Waals surface area contributed by atoms with Crippen LogP contribution in [0.2, 0.25) is 0 Å². The predicted octanol–water partition coefficient (Wildman–Crippen LogP) is 3.68. The Morgan fingerprint density at radius 3 is 2.50 bits per heavy atom. The quantitative estimate of drug-likeness (QED) is 0.542. The van der Waals surface area contributed by atoms with E-state index in [4.69, 9.17) is 19.6 Å². The molecule has 1 aliphatic rings. The minimum atomic E-state index is 0.332. The number of nitrogens with zero attached hydrogens (tertiary/aromatic N) is 3. The molecule has 1 aliphatic heterocycles. The number of hydrogen-bond donors (Lipinski definition) is 2. The molecule has 1 aromatic carbocycles. The van der Waals surface area contributed by atoms with Gasteiger partial charge in [-0.1, -0.05) is 0 Å². The zero-order valence-electron chi connectivity index (χ0n) is 17.6. The van der Waals surface area contributed by atoms with Crippen molar-refractivity contribution in [3.05, 3.63) is 36.0 Å². The first-order valence-electron chi connectivity index (χ1n) is 10.5. The number of anilines is 2. The first-order valence-corrected chi connectivity index (χ1v) is 10.5. The molecule has 0 atom stereocenters. The number of rotatable bonds is 8. The van der Waals surface area contributed by atoms with Gasteiger partial charge in [0.15, 0.2) is 0 Å². The lowest BCUT2D eigenvalue weighted by Crippen LogP contribution is -2.38. The number of likely N-dealkylation sites (tertiary alicyclic amines) is 1. The Labute approximate surface area is 176 Å². The van der Waals surface area contributed by atoms with E-state index in [0.29, 0.717) is 48.2 Å². The van der Waals surface area contributed by atoms with Crippen LogP contribution in [0.1, 0.15) is 32.3 Å². The van der Waals surface area contributed by atoms with Crippen LogP contribution in [0.4, 0.5) is 11.7 Å². The monoisotopic (exact) mass is 411 g/mol. The van der Waals surface area contributed by atoms with Crippen molar-refractivity contribution in [1.82, 2.24) is 14.9 Å². The lowest BCUT2D eigenvalue weighted by Gasteiger charge is -2.32. The average Bonchev–Trinajstić information content (AvgIpc) is 3.15. The molecule has 2 aromatic heterocycles. The van der Waals surface area contributed by atoms with Crippen LogP contribution in [0.5, 0.6) is 11.5 Å². The number of oxazole rings is 1. The van der Waals surface area contributed by atoms with Gasteiger partial charge in [0.25, 0.3) is 6.01 Å². The van der Waals surface area contributed by atoms with Gasteiger partial charge in [0, 0.05) is 31.9 Å². The van der Waals surface area contributed by atoms with Crippen LogP contribution < -0.4 is 20.5 Å². The normalized spacial score (nSPS) is 15.4.